The van der Waals surface area contributed by atoms with Crippen LogP contribution in [0.25, 0.3) is 0 Å². The summed E-state index contributed by atoms with van der Waals surface area (Å²) in [4.78, 5) is 2.44. The molecule has 0 aromatic carbocycles. The fourth-order valence-electron chi connectivity index (χ4n) is 2.46. The van der Waals surface area contributed by atoms with Crippen LogP contribution in [0.15, 0.2) is 12.3 Å². The van der Waals surface area contributed by atoms with Crippen molar-refractivity contribution in [1.82, 2.24) is 10.2 Å². The molecule has 1 saturated heterocycles. The molecule has 0 amide bonds. The Morgan fingerprint density at radius 2 is 1.86 bits per heavy atom. The Hall–Kier alpha value is -0.500. The normalized spacial score (nSPS) is 39.5. The molecule has 1 fully saturated rings. The van der Waals surface area contributed by atoms with E-state index in [2.05, 4.69) is 44.6 Å². The highest BCUT2D eigenvalue weighted by Gasteiger charge is 2.35. The molecular formula is C12H24N2. The molecular weight excluding hydrogens is 172 g/mol. The van der Waals surface area contributed by atoms with E-state index >= 15 is 0 Å². The Bertz CT molecular complexity index is 212. The summed E-state index contributed by atoms with van der Waals surface area (Å²) >= 11 is 0. The lowest BCUT2D eigenvalue weighted by atomic mass is 9.75. The van der Waals surface area contributed by atoms with Crippen LogP contribution in [-0.2, 0) is 0 Å². The fraction of sp³-hybridized carbons (Fsp3) is 0.833. The summed E-state index contributed by atoms with van der Waals surface area (Å²) < 4.78 is 0. The third kappa shape index (κ3) is 1.95. The largest absolute Gasteiger partial charge is 0.392 e. The van der Waals surface area contributed by atoms with Gasteiger partial charge in [-0.05, 0) is 25.8 Å². The van der Waals surface area contributed by atoms with E-state index in [1.54, 1.807) is 0 Å². The van der Waals surface area contributed by atoms with E-state index in [1.165, 1.54) is 5.70 Å². The molecule has 1 heterocycles. The zero-order chi connectivity index (χ0) is 10.9. The smallest absolute Gasteiger partial charge is 0.0137 e. The minimum absolute atomic E-state index is 0.594. The number of hydrogen-bond donors (Lipinski definition) is 1. The van der Waals surface area contributed by atoms with Gasteiger partial charge in [0.05, 0.1) is 0 Å². The first kappa shape index (κ1) is 11.6. The highest BCUT2D eigenvalue weighted by Crippen LogP contribution is 2.34. The van der Waals surface area contributed by atoms with Crippen LogP contribution in [0, 0.1) is 17.8 Å². The fourth-order valence-corrected chi connectivity index (χ4v) is 2.46. The van der Waals surface area contributed by atoms with Gasteiger partial charge in [-0.3, -0.25) is 0 Å². The highest BCUT2D eigenvalue weighted by molar-refractivity contribution is 5.04. The molecule has 0 bridgehead atoms. The minimum Gasteiger partial charge on any atom is -0.392 e. The summed E-state index contributed by atoms with van der Waals surface area (Å²) in [5.41, 5.74) is 1.18. The Morgan fingerprint density at radius 3 is 2.36 bits per heavy atom. The molecule has 1 aliphatic heterocycles. The number of nitrogens with zero attached hydrogens (tertiary/aromatic N) is 1. The second-order valence-corrected chi connectivity index (χ2v) is 4.78. The lowest BCUT2D eigenvalue weighted by Gasteiger charge is -2.45. The van der Waals surface area contributed by atoms with Gasteiger partial charge in [-0.15, -0.1) is 0 Å². The van der Waals surface area contributed by atoms with E-state index < -0.39 is 0 Å². The van der Waals surface area contributed by atoms with Crippen molar-refractivity contribution < 1.29 is 0 Å². The topological polar surface area (TPSA) is 15.3 Å². The predicted molar refractivity (Wildman–Crippen MR) is 62.1 cm³/mol. The first-order chi connectivity index (χ1) is 6.49. The van der Waals surface area contributed by atoms with Crippen molar-refractivity contribution in [3.05, 3.63) is 12.3 Å². The van der Waals surface area contributed by atoms with Crippen molar-refractivity contribution in [3.8, 4) is 0 Å². The molecule has 1 aliphatic rings. The molecule has 0 aromatic heterocycles. The van der Waals surface area contributed by atoms with Crippen molar-refractivity contribution in [2.75, 3.05) is 20.6 Å². The van der Waals surface area contributed by atoms with E-state index in [9.17, 15) is 0 Å². The van der Waals surface area contributed by atoms with Crippen molar-refractivity contribution in [1.29, 1.82) is 0 Å². The molecule has 4 atom stereocenters. The summed E-state index contributed by atoms with van der Waals surface area (Å²) in [5.74, 6) is 2.06. The summed E-state index contributed by atoms with van der Waals surface area (Å²) in [6, 6.07) is 0.686. The number of rotatable bonds is 2. The van der Waals surface area contributed by atoms with Crippen LogP contribution in [0.3, 0.4) is 0 Å². The van der Waals surface area contributed by atoms with E-state index in [4.69, 9.17) is 0 Å². The van der Waals surface area contributed by atoms with Gasteiger partial charge in [0.2, 0.25) is 0 Å². The maximum Gasteiger partial charge on any atom is 0.0137 e. The monoisotopic (exact) mass is 196 g/mol. The standard InChI is InChI=1S/C12H24N2/c1-8-9(2)12(10(3)13-5)7-14(6)11(8)4/h8-9,11-13H,3,7H2,1-2,4-6H3. The molecule has 0 aromatic rings. The lowest BCUT2D eigenvalue weighted by molar-refractivity contribution is 0.0604. The number of likely N-dealkylation sites (tertiary alicyclic amines) is 1. The molecule has 82 valence electrons. The first-order valence-electron chi connectivity index (χ1n) is 5.55. The SMILES string of the molecule is C=C(NC)C1CN(C)C(C)C(C)C1C. The summed E-state index contributed by atoms with van der Waals surface area (Å²) in [7, 11) is 4.18. The van der Waals surface area contributed by atoms with Crippen LogP contribution in [-0.4, -0.2) is 31.6 Å². The van der Waals surface area contributed by atoms with Gasteiger partial charge in [-0.25, -0.2) is 0 Å². The van der Waals surface area contributed by atoms with E-state index in [1.807, 2.05) is 7.05 Å². The molecule has 1 N–H and O–H groups in total. The van der Waals surface area contributed by atoms with Crippen molar-refractivity contribution in [3.63, 3.8) is 0 Å². The molecule has 0 aliphatic carbocycles. The van der Waals surface area contributed by atoms with Gasteiger partial charge in [0, 0.05) is 31.2 Å². The van der Waals surface area contributed by atoms with Crippen LogP contribution >= 0.6 is 0 Å². The number of piperidine rings is 1. The van der Waals surface area contributed by atoms with Crippen LogP contribution in [0.2, 0.25) is 0 Å². The highest BCUT2D eigenvalue weighted by atomic mass is 15.1. The second-order valence-electron chi connectivity index (χ2n) is 4.78. The third-order valence-corrected chi connectivity index (χ3v) is 4.17. The van der Waals surface area contributed by atoms with Crippen LogP contribution < -0.4 is 5.32 Å². The summed E-state index contributed by atoms with van der Waals surface area (Å²) in [5, 5.41) is 3.20. The molecule has 0 saturated carbocycles. The van der Waals surface area contributed by atoms with Gasteiger partial charge in [0.25, 0.3) is 0 Å². The number of nitrogens with one attached hydrogen (secondary N) is 1. The van der Waals surface area contributed by atoms with Crippen LogP contribution in [0.4, 0.5) is 0 Å². The molecule has 0 radical (unpaired) electrons. The van der Waals surface area contributed by atoms with E-state index in [0.29, 0.717) is 12.0 Å². The lowest BCUT2D eigenvalue weighted by Crippen LogP contribution is -2.49. The Morgan fingerprint density at radius 1 is 1.29 bits per heavy atom. The molecule has 14 heavy (non-hydrogen) atoms. The quantitative estimate of drug-likeness (QED) is 0.726. The maximum atomic E-state index is 4.10. The summed E-state index contributed by atoms with van der Waals surface area (Å²) in [6.45, 7) is 12.3. The van der Waals surface area contributed by atoms with Gasteiger partial charge in [-0.1, -0.05) is 20.4 Å². The van der Waals surface area contributed by atoms with Gasteiger partial charge >= 0.3 is 0 Å². The minimum atomic E-state index is 0.594. The average molecular weight is 196 g/mol. The van der Waals surface area contributed by atoms with Gasteiger partial charge in [0.1, 0.15) is 0 Å². The van der Waals surface area contributed by atoms with Crippen molar-refractivity contribution in [2.45, 2.75) is 26.8 Å². The Labute approximate surface area is 88.4 Å². The second kappa shape index (κ2) is 4.35. The van der Waals surface area contributed by atoms with Gasteiger partial charge < -0.3 is 10.2 Å². The van der Waals surface area contributed by atoms with E-state index in [0.717, 1.165) is 18.4 Å². The molecule has 0 spiro atoms. The van der Waals surface area contributed by atoms with E-state index in [-0.39, 0.29) is 0 Å². The average Bonchev–Trinajstić information content (AvgIpc) is 2.19. The summed E-state index contributed by atoms with van der Waals surface area (Å²) in [6.07, 6.45) is 0. The number of hydrogen-bond acceptors (Lipinski definition) is 2. The van der Waals surface area contributed by atoms with Crippen LogP contribution in [0.5, 0.6) is 0 Å². The van der Waals surface area contributed by atoms with Gasteiger partial charge in [0.15, 0.2) is 0 Å². The van der Waals surface area contributed by atoms with Crippen molar-refractivity contribution in [2.24, 2.45) is 17.8 Å². The molecule has 2 heteroatoms. The zero-order valence-electron chi connectivity index (χ0n) is 10.2. The third-order valence-electron chi connectivity index (χ3n) is 4.17. The Kier molecular flexibility index (Phi) is 3.59. The maximum absolute atomic E-state index is 4.10. The molecule has 2 nitrogen and oxygen atoms in total. The Balaban J connectivity index is 2.75. The van der Waals surface area contributed by atoms with Crippen LogP contribution in [0.1, 0.15) is 20.8 Å². The molecule has 4 unspecified atom stereocenters. The zero-order valence-corrected chi connectivity index (χ0v) is 10.2. The predicted octanol–water partition coefficient (Wildman–Crippen LogP) is 1.94. The first-order valence-corrected chi connectivity index (χ1v) is 5.55. The van der Waals surface area contributed by atoms with Crippen molar-refractivity contribution >= 4 is 0 Å². The van der Waals surface area contributed by atoms with Gasteiger partial charge in [-0.2, -0.15) is 0 Å². The molecule has 1 rings (SSSR count).